The van der Waals surface area contributed by atoms with Crippen LogP contribution in [0.15, 0.2) is 18.3 Å². The summed E-state index contributed by atoms with van der Waals surface area (Å²) in [5.74, 6) is 0.280. The van der Waals surface area contributed by atoms with Crippen LogP contribution in [0.4, 0.5) is 23.1 Å². The van der Waals surface area contributed by atoms with Crippen LogP contribution in [0.3, 0.4) is 0 Å². The van der Waals surface area contributed by atoms with Gasteiger partial charge in [-0.1, -0.05) is 11.6 Å². The SMILES string of the molecule is CCNc1nc(Nc2cc(C#N)cc(N3CCN(CC(N)=O)CC3)c2Cl)nn2c(C#N)cnc12. The van der Waals surface area contributed by atoms with Crippen molar-refractivity contribution < 1.29 is 4.79 Å². The van der Waals surface area contributed by atoms with E-state index in [-0.39, 0.29) is 24.1 Å². The first kappa shape index (κ1) is 23.0. The lowest BCUT2D eigenvalue weighted by Gasteiger charge is -2.36. The predicted octanol–water partition coefficient (Wildman–Crippen LogP) is 1.30. The van der Waals surface area contributed by atoms with Crippen molar-refractivity contribution in [2.24, 2.45) is 5.73 Å². The zero-order chi connectivity index (χ0) is 24.2. The monoisotopic (exact) mass is 479 g/mol. The summed E-state index contributed by atoms with van der Waals surface area (Å²) < 4.78 is 1.40. The van der Waals surface area contributed by atoms with Crippen LogP contribution >= 0.6 is 11.6 Å². The highest BCUT2D eigenvalue weighted by molar-refractivity contribution is 6.36. The molecule has 1 aliphatic heterocycles. The Hall–Kier alpha value is -4.13. The molecule has 0 spiro atoms. The second kappa shape index (κ2) is 9.79. The first-order chi connectivity index (χ1) is 16.4. The molecule has 34 heavy (non-hydrogen) atoms. The van der Waals surface area contributed by atoms with Gasteiger partial charge in [0.05, 0.1) is 40.8 Å². The maximum Gasteiger partial charge on any atom is 0.247 e. The second-order valence-corrected chi connectivity index (χ2v) is 8.01. The van der Waals surface area contributed by atoms with Crippen LogP contribution in [-0.4, -0.2) is 69.7 Å². The van der Waals surface area contributed by atoms with Crippen LogP contribution < -0.4 is 21.3 Å². The van der Waals surface area contributed by atoms with Crippen molar-refractivity contribution in [1.82, 2.24) is 24.5 Å². The average molecular weight is 480 g/mol. The maximum atomic E-state index is 11.2. The molecule has 0 bridgehead atoms. The Morgan fingerprint density at radius 2 is 2.00 bits per heavy atom. The summed E-state index contributed by atoms with van der Waals surface area (Å²) in [6, 6.07) is 7.57. The van der Waals surface area contributed by atoms with E-state index >= 15 is 0 Å². The molecule has 3 aromatic rings. The Kier molecular flexibility index (Phi) is 6.63. The Morgan fingerprint density at radius 3 is 2.65 bits per heavy atom. The van der Waals surface area contributed by atoms with Crippen LogP contribution in [0.5, 0.6) is 0 Å². The summed E-state index contributed by atoms with van der Waals surface area (Å²) in [7, 11) is 0. The third kappa shape index (κ3) is 4.64. The number of anilines is 4. The van der Waals surface area contributed by atoms with E-state index in [2.05, 4.69) is 42.7 Å². The lowest BCUT2D eigenvalue weighted by molar-refractivity contribution is -0.119. The third-order valence-corrected chi connectivity index (χ3v) is 5.74. The molecule has 0 atom stereocenters. The van der Waals surface area contributed by atoms with E-state index in [0.29, 0.717) is 66.1 Å². The number of carbonyl (C=O) groups is 1. The van der Waals surface area contributed by atoms with Gasteiger partial charge in [0.25, 0.3) is 0 Å². The number of carbonyl (C=O) groups excluding carboxylic acids is 1. The van der Waals surface area contributed by atoms with Crippen molar-refractivity contribution in [3.8, 4) is 12.1 Å². The molecular formula is C21H22ClN11O. The molecule has 4 rings (SSSR count). The topological polar surface area (TPSA) is 164 Å². The van der Waals surface area contributed by atoms with Gasteiger partial charge in [-0.3, -0.25) is 9.69 Å². The number of hydrogen-bond acceptors (Lipinski definition) is 10. The van der Waals surface area contributed by atoms with Gasteiger partial charge in [0.2, 0.25) is 11.9 Å². The van der Waals surface area contributed by atoms with Crippen molar-refractivity contribution in [3.63, 3.8) is 0 Å². The number of nitrogens with two attached hydrogens (primary N) is 1. The Labute approximate surface area is 200 Å². The molecule has 1 saturated heterocycles. The lowest BCUT2D eigenvalue weighted by Crippen LogP contribution is -2.49. The molecule has 4 N–H and O–H groups in total. The molecule has 12 nitrogen and oxygen atoms in total. The number of hydrogen-bond donors (Lipinski definition) is 3. The van der Waals surface area contributed by atoms with Crippen LogP contribution in [0.2, 0.25) is 5.02 Å². The summed E-state index contributed by atoms with van der Waals surface area (Å²) in [4.78, 5) is 23.9. The Balaban J connectivity index is 1.67. The number of nitriles is 2. The summed E-state index contributed by atoms with van der Waals surface area (Å²) in [6.45, 7) is 5.24. The van der Waals surface area contributed by atoms with Crippen LogP contribution in [0.1, 0.15) is 18.2 Å². The van der Waals surface area contributed by atoms with Gasteiger partial charge >= 0.3 is 0 Å². The Bertz CT molecular complexity index is 1310. The number of benzene rings is 1. The van der Waals surface area contributed by atoms with Crippen LogP contribution in [0.25, 0.3) is 5.65 Å². The third-order valence-electron chi connectivity index (χ3n) is 5.34. The van der Waals surface area contributed by atoms with E-state index in [1.165, 1.54) is 10.7 Å². The minimum Gasteiger partial charge on any atom is -0.369 e. The molecule has 1 fully saturated rings. The van der Waals surface area contributed by atoms with Crippen molar-refractivity contribution in [1.29, 1.82) is 10.5 Å². The van der Waals surface area contributed by atoms with Crippen molar-refractivity contribution in [3.05, 3.63) is 34.6 Å². The van der Waals surface area contributed by atoms with E-state index in [1.54, 1.807) is 12.1 Å². The van der Waals surface area contributed by atoms with E-state index in [1.807, 2.05) is 11.8 Å². The number of piperazine rings is 1. The number of nitrogens with zero attached hydrogens (tertiary/aromatic N) is 8. The fourth-order valence-electron chi connectivity index (χ4n) is 3.78. The van der Waals surface area contributed by atoms with E-state index < -0.39 is 0 Å². The predicted molar refractivity (Wildman–Crippen MR) is 127 cm³/mol. The summed E-state index contributed by atoms with van der Waals surface area (Å²) in [5.41, 5.74) is 7.54. The van der Waals surface area contributed by atoms with Gasteiger partial charge in [-0.15, -0.1) is 5.10 Å². The molecule has 1 amide bonds. The smallest absolute Gasteiger partial charge is 0.247 e. The Morgan fingerprint density at radius 1 is 1.24 bits per heavy atom. The van der Waals surface area contributed by atoms with Crippen LogP contribution in [-0.2, 0) is 4.79 Å². The minimum absolute atomic E-state index is 0.187. The molecule has 0 unspecified atom stereocenters. The highest BCUT2D eigenvalue weighted by Gasteiger charge is 2.22. The first-order valence-corrected chi connectivity index (χ1v) is 11.0. The molecule has 174 valence electrons. The molecule has 13 heteroatoms. The van der Waals surface area contributed by atoms with Crippen molar-refractivity contribution in [2.45, 2.75) is 6.92 Å². The molecule has 1 aromatic carbocycles. The van der Waals surface area contributed by atoms with Gasteiger partial charge in [-0.25, -0.2) is 4.98 Å². The molecule has 0 radical (unpaired) electrons. The van der Waals surface area contributed by atoms with E-state index in [9.17, 15) is 15.3 Å². The number of halogens is 1. The summed E-state index contributed by atoms with van der Waals surface area (Å²) >= 11 is 6.75. The fraction of sp³-hybridized carbons (Fsp3) is 0.333. The van der Waals surface area contributed by atoms with Gasteiger partial charge in [0, 0.05) is 32.7 Å². The summed E-state index contributed by atoms with van der Waals surface area (Å²) in [5, 5.41) is 30.0. The van der Waals surface area contributed by atoms with Gasteiger partial charge in [0.1, 0.15) is 6.07 Å². The lowest BCUT2D eigenvalue weighted by atomic mass is 10.1. The number of imidazole rings is 1. The van der Waals surface area contributed by atoms with E-state index in [0.717, 1.165) is 0 Å². The normalized spacial score (nSPS) is 13.9. The maximum absolute atomic E-state index is 11.2. The van der Waals surface area contributed by atoms with Crippen molar-refractivity contribution in [2.75, 3.05) is 54.8 Å². The number of nitrogens with one attached hydrogen (secondary N) is 2. The second-order valence-electron chi connectivity index (χ2n) is 7.63. The van der Waals surface area contributed by atoms with Crippen molar-refractivity contribution >= 4 is 46.3 Å². The highest BCUT2D eigenvalue weighted by Crippen LogP contribution is 2.36. The van der Waals surface area contributed by atoms with Gasteiger partial charge < -0.3 is 21.3 Å². The molecule has 2 aromatic heterocycles. The number of amides is 1. The highest BCUT2D eigenvalue weighted by atomic mass is 35.5. The zero-order valence-corrected chi connectivity index (χ0v) is 19.2. The van der Waals surface area contributed by atoms with Gasteiger partial charge in [-0.05, 0) is 19.1 Å². The number of fused-ring (bicyclic) bond motifs is 1. The molecular weight excluding hydrogens is 458 g/mol. The number of aromatic nitrogens is 4. The summed E-state index contributed by atoms with van der Waals surface area (Å²) in [6.07, 6.45) is 1.42. The van der Waals surface area contributed by atoms with E-state index in [4.69, 9.17) is 17.3 Å². The quantitative estimate of drug-likeness (QED) is 0.449. The molecule has 0 aliphatic carbocycles. The average Bonchev–Trinajstić information content (AvgIpc) is 3.24. The number of rotatable bonds is 7. The molecule has 3 heterocycles. The largest absolute Gasteiger partial charge is 0.369 e. The molecule has 1 aliphatic rings. The van der Waals surface area contributed by atoms with Gasteiger partial charge in [-0.2, -0.15) is 20.0 Å². The van der Waals surface area contributed by atoms with Gasteiger partial charge in [0.15, 0.2) is 17.2 Å². The molecule has 0 saturated carbocycles. The standard InChI is InChI=1S/C21H22ClN11O/c1-2-26-19-20-27-11-14(10-24)33(20)30-21(29-19)28-15-7-13(9-23)8-16(18(15)22)32-5-3-31(4-6-32)12-17(25)34/h7-8,11H,2-6,12H2,1H3,(H2,25,34)(H2,26,28,29,30). The van der Waals surface area contributed by atoms with Crippen LogP contribution in [0, 0.1) is 22.7 Å². The number of primary amides is 1. The fourth-order valence-corrected chi connectivity index (χ4v) is 4.06. The minimum atomic E-state index is -0.365. The zero-order valence-electron chi connectivity index (χ0n) is 18.4. The first-order valence-electron chi connectivity index (χ1n) is 10.6.